The van der Waals surface area contributed by atoms with Crippen LogP contribution >= 0.6 is 0 Å². The summed E-state index contributed by atoms with van der Waals surface area (Å²) in [6.45, 7) is 15.0. The highest BCUT2D eigenvalue weighted by Crippen LogP contribution is 2.23. The Labute approximate surface area is 124 Å². The van der Waals surface area contributed by atoms with Crippen LogP contribution in [0.4, 0.5) is 0 Å². The first-order valence-electron chi connectivity index (χ1n) is 7.81. The maximum absolute atomic E-state index is 8.72. The highest BCUT2D eigenvalue weighted by molar-refractivity contribution is 5.85. The minimum Gasteiger partial charge on any atom is -0.409 e. The quantitative estimate of drug-likeness (QED) is 0.179. The number of hydrogen-bond acceptors (Lipinski definition) is 4. The fourth-order valence-corrected chi connectivity index (χ4v) is 2.24. The number of likely N-dealkylation sites (N-methyl/N-ethyl adjacent to an activating group) is 1. The van der Waals surface area contributed by atoms with Crippen LogP contribution in [0.1, 0.15) is 53.9 Å². The van der Waals surface area contributed by atoms with Crippen LogP contribution in [0.2, 0.25) is 0 Å². The second-order valence-electron chi connectivity index (χ2n) is 6.17. The van der Waals surface area contributed by atoms with Gasteiger partial charge in [0, 0.05) is 18.0 Å². The van der Waals surface area contributed by atoms with Gasteiger partial charge in [-0.15, -0.1) is 0 Å². The third-order valence-corrected chi connectivity index (χ3v) is 3.95. The maximum Gasteiger partial charge on any atom is 0.144 e. The van der Waals surface area contributed by atoms with Crippen LogP contribution in [0.25, 0.3) is 0 Å². The Balaban J connectivity index is 3.77. The summed E-state index contributed by atoms with van der Waals surface area (Å²) in [5, 5.41) is 15.4. The van der Waals surface area contributed by atoms with Gasteiger partial charge in [0.05, 0.1) is 0 Å². The van der Waals surface area contributed by atoms with Crippen LogP contribution < -0.4 is 11.1 Å². The van der Waals surface area contributed by atoms with Gasteiger partial charge in [0.1, 0.15) is 5.84 Å². The van der Waals surface area contributed by atoms with Crippen LogP contribution in [-0.4, -0.2) is 48.2 Å². The van der Waals surface area contributed by atoms with Crippen molar-refractivity contribution in [2.75, 3.05) is 26.2 Å². The van der Waals surface area contributed by atoms with Gasteiger partial charge in [-0.1, -0.05) is 39.3 Å². The Hall–Kier alpha value is -0.810. The lowest BCUT2D eigenvalue weighted by atomic mass is 9.86. The van der Waals surface area contributed by atoms with Crippen molar-refractivity contribution < 1.29 is 5.21 Å². The minimum absolute atomic E-state index is 0.221. The zero-order valence-electron chi connectivity index (χ0n) is 13.9. The largest absolute Gasteiger partial charge is 0.409 e. The van der Waals surface area contributed by atoms with Crippen molar-refractivity contribution in [2.45, 2.75) is 59.9 Å². The standard InChI is InChI=1S/C15H34N4O/c1-6-19(7-2)12-13(3)17-11-9-8-10-15(4,5)14(16)18-20/h13,17,20H,6-12H2,1-5H3,(H2,16,18). The molecule has 1 atom stereocenters. The van der Waals surface area contributed by atoms with Crippen LogP contribution in [0.5, 0.6) is 0 Å². The molecule has 0 saturated carbocycles. The van der Waals surface area contributed by atoms with Gasteiger partial charge in [0.15, 0.2) is 0 Å². The van der Waals surface area contributed by atoms with Crippen LogP contribution in [0.3, 0.4) is 0 Å². The normalized spacial score (nSPS) is 14.8. The van der Waals surface area contributed by atoms with Crippen molar-refractivity contribution in [1.82, 2.24) is 10.2 Å². The van der Waals surface area contributed by atoms with Crippen molar-refractivity contribution in [3.05, 3.63) is 0 Å². The van der Waals surface area contributed by atoms with E-state index in [1.54, 1.807) is 0 Å². The molecular weight excluding hydrogens is 252 g/mol. The molecule has 0 heterocycles. The van der Waals surface area contributed by atoms with E-state index in [0.29, 0.717) is 11.9 Å². The van der Waals surface area contributed by atoms with Crippen molar-refractivity contribution in [3.8, 4) is 0 Å². The molecule has 0 spiro atoms. The van der Waals surface area contributed by atoms with Gasteiger partial charge in [-0.25, -0.2) is 0 Å². The summed E-state index contributed by atoms with van der Waals surface area (Å²) in [6, 6.07) is 0.520. The summed E-state index contributed by atoms with van der Waals surface area (Å²) in [4.78, 5) is 2.43. The second-order valence-corrected chi connectivity index (χ2v) is 6.17. The molecule has 0 bridgehead atoms. The fraction of sp³-hybridized carbons (Fsp3) is 0.933. The Morgan fingerprint density at radius 1 is 1.30 bits per heavy atom. The van der Waals surface area contributed by atoms with Gasteiger partial charge in [-0.05, 0) is 39.4 Å². The van der Waals surface area contributed by atoms with E-state index in [2.05, 4.69) is 36.1 Å². The van der Waals surface area contributed by atoms with E-state index in [1.165, 1.54) is 0 Å². The molecule has 0 fully saturated rings. The van der Waals surface area contributed by atoms with E-state index < -0.39 is 0 Å². The lowest BCUT2D eigenvalue weighted by molar-refractivity contribution is 0.270. The molecule has 0 saturated heterocycles. The predicted octanol–water partition coefficient (Wildman–Crippen LogP) is 2.25. The molecule has 4 N–H and O–H groups in total. The molecule has 20 heavy (non-hydrogen) atoms. The third-order valence-electron chi connectivity index (χ3n) is 3.95. The molecular formula is C15H34N4O. The van der Waals surface area contributed by atoms with Crippen molar-refractivity contribution in [1.29, 1.82) is 0 Å². The van der Waals surface area contributed by atoms with Gasteiger partial charge in [0.2, 0.25) is 0 Å². The van der Waals surface area contributed by atoms with Gasteiger partial charge in [-0.3, -0.25) is 0 Å². The highest BCUT2D eigenvalue weighted by atomic mass is 16.4. The van der Waals surface area contributed by atoms with Gasteiger partial charge < -0.3 is 21.2 Å². The molecule has 0 aliphatic heterocycles. The van der Waals surface area contributed by atoms with Crippen molar-refractivity contribution in [3.63, 3.8) is 0 Å². The average Bonchev–Trinajstić information content (AvgIpc) is 2.43. The molecule has 0 aliphatic rings. The van der Waals surface area contributed by atoms with Gasteiger partial charge >= 0.3 is 0 Å². The molecule has 0 amide bonds. The maximum atomic E-state index is 8.72. The van der Waals surface area contributed by atoms with Gasteiger partial charge in [0.25, 0.3) is 0 Å². The van der Waals surface area contributed by atoms with E-state index in [9.17, 15) is 0 Å². The Morgan fingerprint density at radius 3 is 2.40 bits per heavy atom. The van der Waals surface area contributed by atoms with E-state index in [-0.39, 0.29) is 5.41 Å². The van der Waals surface area contributed by atoms with Crippen LogP contribution in [0, 0.1) is 5.41 Å². The smallest absolute Gasteiger partial charge is 0.144 e. The Bertz CT molecular complexity index is 275. The number of oxime groups is 1. The molecule has 0 rings (SSSR count). The zero-order chi connectivity index (χ0) is 15.6. The average molecular weight is 286 g/mol. The summed E-state index contributed by atoms with van der Waals surface area (Å²) in [7, 11) is 0. The summed E-state index contributed by atoms with van der Waals surface area (Å²) < 4.78 is 0. The van der Waals surface area contributed by atoms with E-state index in [1.807, 2.05) is 13.8 Å². The number of hydrogen-bond donors (Lipinski definition) is 3. The van der Waals surface area contributed by atoms with E-state index in [4.69, 9.17) is 10.9 Å². The molecule has 1 unspecified atom stereocenters. The molecule has 120 valence electrons. The number of amidine groups is 1. The number of nitrogens with zero attached hydrogens (tertiary/aromatic N) is 2. The Kier molecular flexibility index (Phi) is 9.59. The predicted molar refractivity (Wildman–Crippen MR) is 86.3 cm³/mol. The highest BCUT2D eigenvalue weighted by Gasteiger charge is 2.22. The van der Waals surface area contributed by atoms with E-state index in [0.717, 1.165) is 45.4 Å². The number of nitrogens with one attached hydrogen (secondary N) is 1. The summed E-state index contributed by atoms with van der Waals surface area (Å²) in [5.74, 6) is 0.320. The lowest BCUT2D eigenvalue weighted by Gasteiger charge is -2.24. The molecule has 0 aromatic carbocycles. The molecule has 5 nitrogen and oxygen atoms in total. The first kappa shape index (κ1) is 19.2. The van der Waals surface area contributed by atoms with Crippen LogP contribution in [-0.2, 0) is 0 Å². The van der Waals surface area contributed by atoms with Gasteiger partial charge in [-0.2, -0.15) is 0 Å². The second kappa shape index (κ2) is 10.00. The summed E-state index contributed by atoms with van der Waals surface area (Å²) in [5.41, 5.74) is 5.46. The minimum atomic E-state index is -0.221. The summed E-state index contributed by atoms with van der Waals surface area (Å²) in [6.07, 6.45) is 3.13. The number of rotatable bonds is 11. The summed E-state index contributed by atoms with van der Waals surface area (Å²) >= 11 is 0. The Morgan fingerprint density at radius 2 is 1.90 bits per heavy atom. The van der Waals surface area contributed by atoms with Crippen molar-refractivity contribution >= 4 is 5.84 Å². The molecule has 0 aromatic heterocycles. The topological polar surface area (TPSA) is 73.9 Å². The molecule has 5 heteroatoms. The van der Waals surface area contributed by atoms with E-state index >= 15 is 0 Å². The zero-order valence-corrected chi connectivity index (χ0v) is 13.9. The third kappa shape index (κ3) is 7.70. The lowest BCUT2D eigenvalue weighted by Crippen LogP contribution is -2.39. The fourth-order valence-electron chi connectivity index (χ4n) is 2.24. The van der Waals surface area contributed by atoms with Crippen LogP contribution in [0.15, 0.2) is 5.16 Å². The molecule has 0 radical (unpaired) electrons. The first-order valence-corrected chi connectivity index (χ1v) is 7.81. The number of unbranched alkanes of at least 4 members (excludes halogenated alkanes) is 1. The first-order chi connectivity index (χ1) is 9.37. The molecule has 0 aromatic rings. The monoisotopic (exact) mass is 286 g/mol. The SMILES string of the molecule is CCN(CC)CC(C)NCCCCC(C)(C)C(N)=NO. The van der Waals surface area contributed by atoms with Crippen molar-refractivity contribution in [2.24, 2.45) is 16.3 Å². The number of nitrogens with two attached hydrogens (primary N) is 1. The molecule has 0 aliphatic carbocycles.